The van der Waals surface area contributed by atoms with Crippen LogP contribution in [0.3, 0.4) is 0 Å². The summed E-state index contributed by atoms with van der Waals surface area (Å²) in [5.74, 6) is 1.78. The van der Waals surface area contributed by atoms with Crippen LogP contribution in [0.25, 0.3) is 0 Å². The summed E-state index contributed by atoms with van der Waals surface area (Å²) in [6.07, 6.45) is 2.51. The smallest absolute Gasteiger partial charge is 0.308 e. The van der Waals surface area contributed by atoms with Crippen molar-refractivity contribution in [1.29, 1.82) is 0 Å². The van der Waals surface area contributed by atoms with Gasteiger partial charge in [0.05, 0.1) is 19.6 Å². The molecule has 1 aliphatic rings. The van der Waals surface area contributed by atoms with Crippen molar-refractivity contribution in [1.82, 2.24) is 10.2 Å². The molecular formula is C21H34IN3O3. The van der Waals surface area contributed by atoms with E-state index in [1.54, 1.807) is 7.05 Å². The van der Waals surface area contributed by atoms with E-state index in [1.807, 2.05) is 0 Å². The zero-order valence-electron chi connectivity index (χ0n) is 17.7. The molecule has 1 aliphatic heterocycles. The first-order valence-electron chi connectivity index (χ1n) is 9.70. The Morgan fingerprint density at radius 1 is 1.25 bits per heavy atom. The van der Waals surface area contributed by atoms with Gasteiger partial charge in [-0.25, -0.2) is 0 Å². The average Bonchev–Trinajstić information content (AvgIpc) is 2.67. The lowest BCUT2D eigenvalue weighted by Crippen LogP contribution is -2.47. The second-order valence-corrected chi connectivity index (χ2v) is 7.17. The zero-order chi connectivity index (χ0) is 19.8. The number of halogens is 1. The number of ether oxygens (including phenoxy) is 2. The fourth-order valence-corrected chi connectivity index (χ4v) is 3.43. The van der Waals surface area contributed by atoms with Crippen LogP contribution in [0.15, 0.2) is 17.1 Å². The van der Waals surface area contributed by atoms with Gasteiger partial charge in [0.2, 0.25) is 0 Å². The number of piperidine rings is 1. The van der Waals surface area contributed by atoms with Crippen molar-refractivity contribution in [3.8, 4) is 5.75 Å². The van der Waals surface area contributed by atoms with Crippen LogP contribution in [0.5, 0.6) is 5.75 Å². The molecule has 1 saturated heterocycles. The first kappa shape index (κ1) is 24.5. The van der Waals surface area contributed by atoms with Crippen molar-refractivity contribution in [2.24, 2.45) is 10.9 Å². The number of carbonyl (C=O) groups excluding carboxylic acids is 1. The van der Waals surface area contributed by atoms with Crippen molar-refractivity contribution in [3.63, 3.8) is 0 Å². The molecule has 1 N–H and O–H groups in total. The third-order valence-corrected chi connectivity index (χ3v) is 5.17. The van der Waals surface area contributed by atoms with E-state index in [4.69, 9.17) is 9.47 Å². The summed E-state index contributed by atoms with van der Waals surface area (Å²) in [5, 5.41) is 3.40. The van der Waals surface area contributed by atoms with Gasteiger partial charge in [-0.2, -0.15) is 0 Å². The van der Waals surface area contributed by atoms with E-state index < -0.39 is 0 Å². The molecule has 158 valence electrons. The van der Waals surface area contributed by atoms with Crippen molar-refractivity contribution in [2.45, 2.75) is 40.0 Å². The van der Waals surface area contributed by atoms with Crippen LogP contribution in [-0.4, -0.2) is 57.2 Å². The number of hydrogen-bond donors (Lipinski definition) is 1. The third-order valence-electron chi connectivity index (χ3n) is 5.17. The lowest BCUT2D eigenvalue weighted by molar-refractivity contribution is -0.146. The average molecular weight is 503 g/mol. The van der Waals surface area contributed by atoms with Gasteiger partial charge in [0.15, 0.2) is 5.96 Å². The molecule has 6 nitrogen and oxygen atoms in total. The number of nitrogens with one attached hydrogen (secondary N) is 1. The molecule has 28 heavy (non-hydrogen) atoms. The number of aliphatic imine (C=N–C) groups is 1. The Morgan fingerprint density at radius 3 is 2.54 bits per heavy atom. The van der Waals surface area contributed by atoms with E-state index in [-0.39, 0.29) is 35.9 Å². The number of rotatable bonds is 6. The minimum absolute atomic E-state index is 0. The highest BCUT2D eigenvalue weighted by molar-refractivity contribution is 14.0. The maximum absolute atomic E-state index is 11.6. The highest BCUT2D eigenvalue weighted by Gasteiger charge is 2.26. The van der Waals surface area contributed by atoms with Gasteiger partial charge >= 0.3 is 5.97 Å². The van der Waals surface area contributed by atoms with Crippen molar-refractivity contribution in [3.05, 3.63) is 28.8 Å². The van der Waals surface area contributed by atoms with Gasteiger partial charge in [-0.1, -0.05) is 6.07 Å². The highest BCUT2D eigenvalue weighted by atomic mass is 127. The number of hydrogen-bond acceptors (Lipinski definition) is 4. The predicted molar refractivity (Wildman–Crippen MR) is 124 cm³/mol. The Balaban J connectivity index is 0.00000392. The Bertz CT molecular complexity index is 671. The first-order chi connectivity index (χ1) is 13.0. The molecule has 0 radical (unpaired) electrons. The Kier molecular flexibility index (Phi) is 10.6. The van der Waals surface area contributed by atoms with Gasteiger partial charge in [0, 0.05) is 26.7 Å². The molecule has 1 aromatic rings. The van der Waals surface area contributed by atoms with E-state index in [9.17, 15) is 4.79 Å². The molecule has 0 bridgehead atoms. The minimum Gasteiger partial charge on any atom is -0.493 e. The SMILES string of the molecule is CN=C(NCCCOc1cc(C)cc(C)c1C)N1CCC(C(=O)OC)CC1.I. The summed E-state index contributed by atoms with van der Waals surface area (Å²) >= 11 is 0. The Hall–Kier alpha value is -1.51. The number of benzene rings is 1. The summed E-state index contributed by atoms with van der Waals surface area (Å²) in [7, 11) is 3.25. The van der Waals surface area contributed by atoms with Crippen LogP contribution < -0.4 is 10.1 Å². The Morgan fingerprint density at radius 2 is 1.93 bits per heavy atom. The van der Waals surface area contributed by atoms with Crippen LogP contribution in [-0.2, 0) is 9.53 Å². The second kappa shape index (κ2) is 12.1. The van der Waals surface area contributed by atoms with E-state index in [0.717, 1.165) is 50.6 Å². The maximum Gasteiger partial charge on any atom is 0.308 e. The van der Waals surface area contributed by atoms with Crippen molar-refractivity contribution in [2.75, 3.05) is 40.4 Å². The monoisotopic (exact) mass is 503 g/mol. The fraction of sp³-hybridized carbons (Fsp3) is 0.619. The van der Waals surface area contributed by atoms with Crippen molar-refractivity contribution < 1.29 is 14.3 Å². The molecular weight excluding hydrogens is 469 g/mol. The zero-order valence-corrected chi connectivity index (χ0v) is 20.0. The third kappa shape index (κ3) is 6.83. The van der Waals surface area contributed by atoms with Gasteiger partial charge in [-0.15, -0.1) is 24.0 Å². The van der Waals surface area contributed by atoms with Gasteiger partial charge < -0.3 is 19.7 Å². The maximum atomic E-state index is 11.6. The molecule has 0 saturated carbocycles. The number of likely N-dealkylation sites (tertiary alicyclic amines) is 1. The largest absolute Gasteiger partial charge is 0.493 e. The molecule has 0 atom stereocenters. The topological polar surface area (TPSA) is 63.2 Å². The summed E-state index contributed by atoms with van der Waals surface area (Å²) in [4.78, 5) is 18.2. The molecule has 0 aromatic heterocycles. The normalized spacial score (nSPS) is 15.0. The number of nitrogens with zero attached hydrogens (tertiary/aromatic N) is 2. The molecule has 1 heterocycles. The quantitative estimate of drug-likeness (QED) is 0.212. The molecule has 1 aromatic carbocycles. The standard InChI is InChI=1S/C21H33N3O3.HI/c1-15-13-16(2)17(3)19(14-15)27-12-6-9-23-21(22-4)24-10-7-18(8-11-24)20(25)26-5;/h13-14,18H,6-12H2,1-5H3,(H,22,23);1H. The lowest BCUT2D eigenvalue weighted by atomic mass is 9.97. The first-order valence-corrected chi connectivity index (χ1v) is 9.70. The van der Waals surface area contributed by atoms with Gasteiger partial charge in [0.1, 0.15) is 5.75 Å². The van der Waals surface area contributed by atoms with Gasteiger partial charge in [-0.3, -0.25) is 9.79 Å². The van der Waals surface area contributed by atoms with E-state index in [0.29, 0.717) is 6.61 Å². The second-order valence-electron chi connectivity index (χ2n) is 7.17. The molecule has 1 fully saturated rings. The number of methoxy groups -OCH3 is 1. The van der Waals surface area contributed by atoms with E-state index in [1.165, 1.54) is 23.8 Å². The minimum atomic E-state index is -0.101. The predicted octanol–water partition coefficient (Wildman–Crippen LogP) is 3.46. The fourth-order valence-electron chi connectivity index (χ4n) is 3.43. The van der Waals surface area contributed by atoms with Gasteiger partial charge in [-0.05, 0) is 62.8 Å². The van der Waals surface area contributed by atoms with Crippen LogP contribution in [0.4, 0.5) is 0 Å². The number of esters is 1. The van der Waals surface area contributed by atoms with Crippen LogP contribution in [0.1, 0.15) is 36.0 Å². The summed E-state index contributed by atoms with van der Waals surface area (Å²) in [6.45, 7) is 9.40. The van der Waals surface area contributed by atoms with E-state index >= 15 is 0 Å². The molecule has 0 amide bonds. The highest BCUT2D eigenvalue weighted by Crippen LogP contribution is 2.23. The molecule has 7 heteroatoms. The summed E-state index contributed by atoms with van der Waals surface area (Å²) in [6, 6.07) is 4.28. The van der Waals surface area contributed by atoms with Gasteiger partial charge in [0.25, 0.3) is 0 Å². The van der Waals surface area contributed by atoms with Crippen LogP contribution in [0.2, 0.25) is 0 Å². The molecule has 2 rings (SSSR count). The van der Waals surface area contributed by atoms with E-state index in [2.05, 4.69) is 48.1 Å². The molecule has 0 aliphatic carbocycles. The van der Waals surface area contributed by atoms with Crippen LogP contribution in [0, 0.1) is 26.7 Å². The molecule has 0 spiro atoms. The number of guanidine groups is 1. The van der Waals surface area contributed by atoms with Crippen molar-refractivity contribution >= 4 is 35.9 Å². The lowest BCUT2D eigenvalue weighted by Gasteiger charge is -2.33. The number of aryl methyl sites for hydroxylation is 2. The number of carbonyl (C=O) groups is 1. The van der Waals surface area contributed by atoms with Crippen LogP contribution >= 0.6 is 24.0 Å². The Labute approximate surface area is 186 Å². The summed E-state index contributed by atoms with van der Waals surface area (Å²) in [5.41, 5.74) is 3.69. The molecule has 0 unspecified atom stereocenters. The summed E-state index contributed by atoms with van der Waals surface area (Å²) < 4.78 is 10.8.